The second-order valence-electron chi connectivity index (χ2n) is 17.6. The van der Waals surface area contributed by atoms with Crippen molar-refractivity contribution >= 4 is 66.6 Å². The Morgan fingerprint density at radius 2 is 1.38 bits per heavy atom. The summed E-state index contributed by atoms with van der Waals surface area (Å²) in [5.74, 6) is -2.14. The van der Waals surface area contributed by atoms with Gasteiger partial charge in [-0.15, -0.1) is 0 Å². The Morgan fingerprint density at radius 1 is 0.740 bits per heavy atom. The molecule has 15 nitrogen and oxygen atoms in total. The molecule has 1 unspecified atom stereocenters. The number of halogens is 1. The second kappa shape index (κ2) is 20.0. The first-order valence-electron chi connectivity index (χ1n) is 23.3. The Balaban J connectivity index is 0.864. The zero-order chi connectivity index (χ0) is 50.8. The third kappa shape index (κ3) is 10.0. The molecule has 7 aromatic carbocycles. The van der Waals surface area contributed by atoms with Crippen molar-refractivity contribution < 1.29 is 36.6 Å². The fourth-order valence-electron chi connectivity index (χ4n) is 8.66. The molecule has 1 atom stereocenters. The molecule has 0 radical (unpaired) electrons. The highest BCUT2D eigenvalue weighted by Gasteiger charge is 2.38. The number of nitrogens with one attached hydrogen (secondary N) is 3. The van der Waals surface area contributed by atoms with E-state index in [-0.39, 0.29) is 41.8 Å². The first-order chi connectivity index (χ1) is 35.3. The molecule has 0 spiro atoms. The van der Waals surface area contributed by atoms with Gasteiger partial charge >= 0.3 is 15.9 Å². The van der Waals surface area contributed by atoms with Crippen LogP contribution in [-0.2, 0) is 46.7 Å². The number of anilines is 4. The van der Waals surface area contributed by atoms with Crippen molar-refractivity contribution in [3.8, 4) is 23.2 Å². The summed E-state index contributed by atoms with van der Waals surface area (Å²) in [4.78, 5) is 44.7. The van der Waals surface area contributed by atoms with Gasteiger partial charge in [-0.1, -0.05) is 103 Å². The van der Waals surface area contributed by atoms with Crippen molar-refractivity contribution in [3.63, 3.8) is 0 Å². The average molecular weight is 998 g/mol. The number of pyridine rings is 1. The molecule has 1 fully saturated rings. The van der Waals surface area contributed by atoms with E-state index in [1.165, 1.54) is 18.2 Å². The molecule has 3 heterocycles. The fraction of sp³-hybridized carbons (Fsp3) is 0.143. The molecule has 10 rings (SSSR count). The fourth-order valence-corrected chi connectivity index (χ4v) is 9.82. The number of nitrogens with zero attached hydrogens (tertiary/aromatic N) is 4. The minimum absolute atomic E-state index is 0.00580. The van der Waals surface area contributed by atoms with Gasteiger partial charge in [0.25, 0.3) is 5.91 Å². The molecule has 17 heteroatoms. The summed E-state index contributed by atoms with van der Waals surface area (Å²) in [5.41, 5.74) is 7.24. The zero-order valence-electron chi connectivity index (χ0n) is 39.8. The van der Waals surface area contributed by atoms with Crippen LogP contribution in [0.5, 0.6) is 17.5 Å². The Bertz CT molecular complexity index is 3740. The maximum Gasteiger partial charge on any atom is 0.333 e. The summed E-state index contributed by atoms with van der Waals surface area (Å²) >= 11 is 0. The highest BCUT2D eigenvalue weighted by Crippen LogP contribution is 2.41. The molecule has 1 saturated heterocycles. The number of hydrogen-bond acceptors (Lipinski definition) is 10. The third-order valence-corrected chi connectivity index (χ3v) is 13.9. The van der Waals surface area contributed by atoms with Gasteiger partial charge in [0.05, 0.1) is 17.0 Å². The molecule has 368 valence electrons. The average Bonchev–Trinajstić information content (AvgIpc) is 3.82. The first kappa shape index (κ1) is 47.7. The minimum atomic E-state index is -4.37. The number of fused-ring (bicyclic) bond motifs is 2. The Kier molecular flexibility index (Phi) is 13.1. The van der Waals surface area contributed by atoms with E-state index in [4.69, 9.17) is 19.2 Å². The Hall–Kier alpha value is -8.96. The molecule has 9 aromatic rings. The Morgan fingerprint density at radius 3 is 2.03 bits per heavy atom. The number of ether oxygens (including phenoxy) is 3. The maximum atomic E-state index is 16.4. The maximum absolute atomic E-state index is 16.4. The van der Waals surface area contributed by atoms with Crippen LogP contribution in [0.2, 0.25) is 0 Å². The number of benzene rings is 7. The lowest BCUT2D eigenvalue weighted by Gasteiger charge is -2.21. The molecule has 73 heavy (non-hydrogen) atoms. The van der Waals surface area contributed by atoms with Gasteiger partial charge in [-0.2, -0.15) is 13.4 Å². The molecule has 1 aliphatic rings. The quantitative estimate of drug-likeness (QED) is 0.0846. The van der Waals surface area contributed by atoms with Crippen LogP contribution in [0.4, 0.5) is 27.1 Å². The van der Waals surface area contributed by atoms with Gasteiger partial charge in [0.1, 0.15) is 43.5 Å². The number of carbonyl (C=O) groups is 2. The predicted molar refractivity (Wildman–Crippen MR) is 278 cm³/mol. The predicted octanol–water partition coefficient (Wildman–Crippen LogP) is 9.73. The topological polar surface area (TPSA) is 175 Å². The molecule has 3 N–H and O–H groups in total. The Labute approximate surface area is 419 Å². The van der Waals surface area contributed by atoms with E-state index in [0.29, 0.717) is 44.6 Å². The van der Waals surface area contributed by atoms with Crippen LogP contribution in [0.25, 0.3) is 27.5 Å². The van der Waals surface area contributed by atoms with Crippen molar-refractivity contribution in [3.05, 3.63) is 208 Å². The first-order valence-corrected chi connectivity index (χ1v) is 24.7. The lowest BCUT2D eigenvalue weighted by molar-refractivity contribution is -0.118. The molecular formula is C56H48FN7O8S. The second-order valence-corrected chi connectivity index (χ2v) is 19.2. The normalized spacial score (nSPS) is 13.4. The van der Waals surface area contributed by atoms with Crippen molar-refractivity contribution in [2.45, 2.75) is 39.6 Å². The van der Waals surface area contributed by atoms with Crippen molar-refractivity contribution in [1.82, 2.24) is 18.8 Å². The van der Waals surface area contributed by atoms with E-state index in [0.717, 1.165) is 39.2 Å². The summed E-state index contributed by atoms with van der Waals surface area (Å²) in [6.07, 6.45) is 0. The largest absolute Gasteiger partial charge is 0.487 e. The summed E-state index contributed by atoms with van der Waals surface area (Å²) in [6.45, 7) is 3.62. The summed E-state index contributed by atoms with van der Waals surface area (Å²) in [6, 6.07) is 49.4. The van der Waals surface area contributed by atoms with Crippen molar-refractivity contribution in [2.24, 2.45) is 7.05 Å². The summed E-state index contributed by atoms with van der Waals surface area (Å²) in [7, 11) is -2.66. The minimum Gasteiger partial charge on any atom is -0.487 e. The summed E-state index contributed by atoms with van der Waals surface area (Å²) < 4.78 is 66.2. The lowest BCUT2D eigenvalue weighted by Crippen LogP contribution is -2.30. The molecule has 1 aliphatic heterocycles. The number of amides is 2. The van der Waals surface area contributed by atoms with Crippen LogP contribution in [-0.4, -0.2) is 40.9 Å². The van der Waals surface area contributed by atoms with Gasteiger partial charge in [-0.25, -0.2) is 18.2 Å². The number of carbonyl (C=O) groups excluding carboxylic acids is 2. The smallest absolute Gasteiger partial charge is 0.333 e. The monoisotopic (exact) mass is 997 g/mol. The van der Waals surface area contributed by atoms with Crippen LogP contribution in [0, 0.1) is 12.7 Å². The van der Waals surface area contributed by atoms with Gasteiger partial charge in [0, 0.05) is 35.6 Å². The number of aryl methyl sites for hydroxylation is 2. The molecule has 2 amide bonds. The lowest BCUT2D eigenvalue weighted by atomic mass is 9.97. The van der Waals surface area contributed by atoms with Crippen molar-refractivity contribution in [1.29, 1.82) is 0 Å². The van der Waals surface area contributed by atoms with E-state index < -0.39 is 40.1 Å². The van der Waals surface area contributed by atoms with Crippen LogP contribution >= 0.6 is 0 Å². The van der Waals surface area contributed by atoms with Crippen LogP contribution < -0.4 is 39.6 Å². The van der Waals surface area contributed by atoms with E-state index in [1.54, 1.807) is 41.3 Å². The zero-order valence-corrected chi connectivity index (χ0v) is 40.7. The van der Waals surface area contributed by atoms with Crippen LogP contribution in [0.1, 0.15) is 40.7 Å². The van der Waals surface area contributed by atoms with Crippen molar-refractivity contribution in [2.75, 3.05) is 21.5 Å². The van der Waals surface area contributed by atoms with E-state index in [1.807, 2.05) is 139 Å². The van der Waals surface area contributed by atoms with Gasteiger partial charge in [-0.05, 0) is 102 Å². The van der Waals surface area contributed by atoms with Crippen LogP contribution in [0.15, 0.2) is 169 Å². The van der Waals surface area contributed by atoms with Crippen LogP contribution in [0.3, 0.4) is 0 Å². The number of imidazole rings is 1. The molecule has 0 aliphatic carbocycles. The van der Waals surface area contributed by atoms with Gasteiger partial charge in [0.15, 0.2) is 5.82 Å². The van der Waals surface area contributed by atoms with Gasteiger partial charge in [0.2, 0.25) is 17.7 Å². The molecule has 0 saturated carbocycles. The summed E-state index contributed by atoms with van der Waals surface area (Å²) in [5, 5.41) is 6.81. The number of rotatable bonds is 16. The van der Waals surface area contributed by atoms with Gasteiger partial charge in [-0.3, -0.25) is 18.7 Å². The molecular weight excluding hydrogens is 950 g/mol. The highest BCUT2D eigenvalue weighted by atomic mass is 32.2. The SMILES string of the molecule is Cc1cc(C(C)C(=O)Nc2ccc3c(F)c(N4CC(=O)NS4(=O)=O)c(OCc4ccccc4)cc3c2)ccc1Nc1ccc2c(c1)n(C)c(=O)n2-c1ccc(OCc2ccccc2)nc1OCc1ccccc1. The standard InChI is InChI=1S/C56H48FN7O8S/c1-35-27-40(36(2)54(66)59-42-20-22-44-41(28-42)29-49(70-32-37-13-7-4-8-14-37)53(52(44)57)63-31-50(65)61-73(63,68)69)19-23-45(35)58-43-21-24-46-48(30-43)62(3)56(67)64(46)47-25-26-51(71-33-38-15-9-5-10-16-38)60-55(47)72-34-39-17-11-6-12-18-39/h4-30,36,58H,31-34H2,1-3H3,(H,59,66)(H,61,65). The van der Waals surface area contributed by atoms with E-state index >= 15 is 4.39 Å². The number of hydrogen-bond donors (Lipinski definition) is 3. The molecule has 2 aromatic heterocycles. The third-order valence-electron chi connectivity index (χ3n) is 12.6. The molecule has 0 bridgehead atoms. The van der Waals surface area contributed by atoms with E-state index in [2.05, 4.69) is 10.6 Å². The van der Waals surface area contributed by atoms with E-state index in [9.17, 15) is 22.8 Å². The number of aromatic nitrogens is 3. The highest BCUT2D eigenvalue weighted by molar-refractivity contribution is 7.92. The van der Waals surface area contributed by atoms with Gasteiger partial charge < -0.3 is 24.8 Å².